The zero-order chi connectivity index (χ0) is 12.8. The Balaban J connectivity index is 2.12. The average molecular weight is 248 g/mol. The first kappa shape index (κ1) is 13.5. The van der Waals surface area contributed by atoms with Gasteiger partial charge in [0.2, 0.25) is 0 Å². The van der Waals surface area contributed by atoms with Crippen molar-refractivity contribution in [1.29, 1.82) is 0 Å². The number of benzene rings is 1. The average Bonchev–Trinajstić information content (AvgIpc) is 2.81. The van der Waals surface area contributed by atoms with Crippen LogP contribution in [0.15, 0.2) is 30.3 Å². The number of hydrogen-bond acceptors (Lipinski definition) is 4. The molecular formula is C14H24N4. The molecule has 4 heteroatoms. The smallest absolute Gasteiger partial charge is 0.0887 e. The van der Waals surface area contributed by atoms with Crippen LogP contribution >= 0.6 is 0 Å². The molecule has 100 valence electrons. The van der Waals surface area contributed by atoms with Gasteiger partial charge in [-0.05, 0) is 12.6 Å². The van der Waals surface area contributed by atoms with Crippen LogP contribution in [0.4, 0.5) is 0 Å². The summed E-state index contributed by atoms with van der Waals surface area (Å²) < 4.78 is 0. The molecular weight excluding hydrogens is 224 g/mol. The van der Waals surface area contributed by atoms with E-state index in [9.17, 15) is 0 Å². The lowest BCUT2D eigenvalue weighted by Gasteiger charge is -2.30. The fourth-order valence-corrected chi connectivity index (χ4v) is 2.67. The van der Waals surface area contributed by atoms with Crippen molar-refractivity contribution >= 4 is 0 Å². The van der Waals surface area contributed by atoms with Gasteiger partial charge in [0.25, 0.3) is 0 Å². The van der Waals surface area contributed by atoms with Crippen LogP contribution in [0.2, 0.25) is 0 Å². The second kappa shape index (κ2) is 6.85. The van der Waals surface area contributed by atoms with Crippen molar-refractivity contribution < 1.29 is 0 Å². The highest BCUT2D eigenvalue weighted by Crippen LogP contribution is 2.28. The highest BCUT2D eigenvalue weighted by Gasteiger charge is 2.31. The van der Waals surface area contributed by atoms with Gasteiger partial charge in [-0.1, -0.05) is 30.3 Å². The fraction of sp³-hybridized carbons (Fsp3) is 0.571. The molecule has 18 heavy (non-hydrogen) atoms. The van der Waals surface area contributed by atoms with Crippen molar-refractivity contribution in [2.45, 2.75) is 6.17 Å². The molecule has 1 aromatic carbocycles. The van der Waals surface area contributed by atoms with Crippen molar-refractivity contribution in [3.63, 3.8) is 0 Å². The van der Waals surface area contributed by atoms with Gasteiger partial charge in [-0.25, -0.2) is 0 Å². The minimum atomic E-state index is 0.392. The van der Waals surface area contributed by atoms with Gasteiger partial charge in [-0.15, -0.1) is 0 Å². The molecule has 0 radical (unpaired) electrons. The van der Waals surface area contributed by atoms with E-state index in [0.29, 0.717) is 6.17 Å². The third-order valence-corrected chi connectivity index (χ3v) is 3.53. The Kier molecular flexibility index (Phi) is 5.13. The summed E-state index contributed by atoms with van der Waals surface area (Å²) in [5.74, 6) is 0. The van der Waals surface area contributed by atoms with Crippen LogP contribution in [0.25, 0.3) is 0 Å². The van der Waals surface area contributed by atoms with Gasteiger partial charge in [0.15, 0.2) is 0 Å². The van der Waals surface area contributed by atoms with Crippen LogP contribution in [0.5, 0.6) is 0 Å². The number of rotatable bonds is 6. The van der Waals surface area contributed by atoms with Crippen LogP contribution in [-0.2, 0) is 0 Å². The number of hydrogen-bond donors (Lipinski definition) is 2. The third-order valence-electron chi connectivity index (χ3n) is 3.53. The Morgan fingerprint density at radius 3 is 2.44 bits per heavy atom. The molecule has 0 spiro atoms. The van der Waals surface area contributed by atoms with Gasteiger partial charge in [0.1, 0.15) is 0 Å². The van der Waals surface area contributed by atoms with E-state index < -0.39 is 0 Å². The summed E-state index contributed by atoms with van der Waals surface area (Å²) in [7, 11) is 2.01. The molecule has 0 aliphatic carbocycles. The largest absolute Gasteiger partial charge is 0.329 e. The molecule has 1 heterocycles. The summed E-state index contributed by atoms with van der Waals surface area (Å²) in [6.45, 7) is 6.04. The van der Waals surface area contributed by atoms with Gasteiger partial charge in [0.05, 0.1) is 6.17 Å². The summed E-state index contributed by atoms with van der Waals surface area (Å²) in [5, 5.41) is 3.23. The van der Waals surface area contributed by atoms with E-state index in [1.807, 2.05) is 7.05 Å². The van der Waals surface area contributed by atoms with Gasteiger partial charge < -0.3 is 11.1 Å². The molecule has 1 saturated heterocycles. The van der Waals surface area contributed by atoms with Crippen molar-refractivity contribution in [1.82, 2.24) is 15.1 Å². The number of nitrogens with one attached hydrogen (secondary N) is 1. The number of nitrogens with zero attached hydrogens (tertiary/aromatic N) is 2. The Hall–Kier alpha value is -0.940. The van der Waals surface area contributed by atoms with E-state index in [-0.39, 0.29) is 0 Å². The summed E-state index contributed by atoms with van der Waals surface area (Å²) in [5.41, 5.74) is 7.10. The van der Waals surface area contributed by atoms with E-state index in [2.05, 4.69) is 45.4 Å². The zero-order valence-electron chi connectivity index (χ0n) is 11.2. The SMILES string of the molecule is CNCCN1CCN(CCN)C1c1ccccc1. The molecule has 3 N–H and O–H groups in total. The molecule has 1 aliphatic rings. The summed E-state index contributed by atoms with van der Waals surface area (Å²) >= 11 is 0. The molecule has 1 fully saturated rings. The summed E-state index contributed by atoms with van der Waals surface area (Å²) in [6.07, 6.45) is 0.392. The Morgan fingerprint density at radius 2 is 1.83 bits per heavy atom. The number of likely N-dealkylation sites (N-methyl/N-ethyl adjacent to an activating group) is 1. The van der Waals surface area contributed by atoms with Crippen molar-refractivity contribution in [3.05, 3.63) is 35.9 Å². The van der Waals surface area contributed by atoms with E-state index in [1.165, 1.54) is 5.56 Å². The first-order valence-electron chi connectivity index (χ1n) is 6.74. The molecule has 0 aromatic heterocycles. The van der Waals surface area contributed by atoms with Crippen molar-refractivity contribution in [3.8, 4) is 0 Å². The predicted molar refractivity (Wildman–Crippen MR) is 75.3 cm³/mol. The molecule has 1 unspecified atom stereocenters. The minimum Gasteiger partial charge on any atom is -0.329 e. The second-order valence-electron chi connectivity index (χ2n) is 4.75. The lowest BCUT2D eigenvalue weighted by Crippen LogP contribution is -2.36. The van der Waals surface area contributed by atoms with Crippen LogP contribution in [-0.4, -0.2) is 56.1 Å². The van der Waals surface area contributed by atoms with E-state index >= 15 is 0 Å². The van der Waals surface area contributed by atoms with E-state index in [1.54, 1.807) is 0 Å². The normalized spacial score (nSPS) is 21.6. The maximum absolute atomic E-state index is 5.72. The topological polar surface area (TPSA) is 44.5 Å². The fourth-order valence-electron chi connectivity index (χ4n) is 2.67. The Bertz CT molecular complexity index is 341. The predicted octanol–water partition coefficient (Wildman–Crippen LogP) is 0.481. The Morgan fingerprint density at radius 1 is 1.17 bits per heavy atom. The van der Waals surface area contributed by atoms with Gasteiger partial charge >= 0.3 is 0 Å². The summed E-state index contributed by atoms with van der Waals surface area (Å²) in [4.78, 5) is 5.01. The Labute approximate surface area is 110 Å². The standard InChI is InChI=1S/C14H24N4/c1-16-8-10-18-12-11-17(9-7-15)14(18)13-5-3-2-4-6-13/h2-6,14,16H,7-12,15H2,1H3. The quantitative estimate of drug-likeness (QED) is 0.769. The van der Waals surface area contributed by atoms with E-state index in [4.69, 9.17) is 5.73 Å². The van der Waals surface area contributed by atoms with Crippen molar-refractivity contribution in [2.75, 3.05) is 46.3 Å². The van der Waals surface area contributed by atoms with Crippen LogP contribution in [0, 0.1) is 0 Å². The molecule has 4 nitrogen and oxygen atoms in total. The molecule has 1 aliphatic heterocycles. The van der Waals surface area contributed by atoms with Gasteiger partial charge in [-0.2, -0.15) is 0 Å². The van der Waals surface area contributed by atoms with Crippen LogP contribution in [0.1, 0.15) is 11.7 Å². The van der Waals surface area contributed by atoms with Crippen molar-refractivity contribution in [2.24, 2.45) is 5.73 Å². The molecule has 1 aromatic rings. The molecule has 0 amide bonds. The first-order valence-corrected chi connectivity index (χ1v) is 6.74. The summed E-state index contributed by atoms with van der Waals surface area (Å²) in [6, 6.07) is 10.7. The molecule has 0 bridgehead atoms. The second-order valence-corrected chi connectivity index (χ2v) is 4.75. The first-order chi connectivity index (χ1) is 8.86. The molecule has 1 atom stereocenters. The molecule has 2 rings (SSSR count). The monoisotopic (exact) mass is 248 g/mol. The van der Waals surface area contributed by atoms with Gasteiger partial charge in [0, 0.05) is 39.3 Å². The highest BCUT2D eigenvalue weighted by atomic mass is 15.4. The van der Waals surface area contributed by atoms with Crippen LogP contribution < -0.4 is 11.1 Å². The minimum absolute atomic E-state index is 0.392. The zero-order valence-corrected chi connectivity index (χ0v) is 11.2. The maximum Gasteiger partial charge on any atom is 0.0887 e. The maximum atomic E-state index is 5.72. The third kappa shape index (κ3) is 3.09. The highest BCUT2D eigenvalue weighted by molar-refractivity contribution is 5.19. The van der Waals surface area contributed by atoms with E-state index in [0.717, 1.165) is 39.3 Å². The van der Waals surface area contributed by atoms with Gasteiger partial charge in [-0.3, -0.25) is 9.80 Å². The van der Waals surface area contributed by atoms with Crippen LogP contribution in [0.3, 0.4) is 0 Å². The number of nitrogens with two attached hydrogens (primary N) is 1. The lowest BCUT2D eigenvalue weighted by molar-refractivity contribution is 0.141. The lowest BCUT2D eigenvalue weighted by atomic mass is 10.1. The molecule has 0 saturated carbocycles.